The van der Waals surface area contributed by atoms with E-state index in [1.165, 1.54) is 10.4 Å². The van der Waals surface area contributed by atoms with E-state index < -0.39 is 17.6 Å². The average molecular weight is 537 g/mol. The molecule has 35 heavy (non-hydrogen) atoms. The van der Waals surface area contributed by atoms with Gasteiger partial charge in [-0.1, -0.05) is 50.5 Å². The van der Waals surface area contributed by atoms with E-state index in [4.69, 9.17) is 10.5 Å². The molecule has 0 aromatic carbocycles. The Hall–Kier alpha value is -3.47. The monoisotopic (exact) mass is 536 g/mol. The van der Waals surface area contributed by atoms with E-state index in [1.807, 2.05) is 48.8 Å². The third kappa shape index (κ3) is 9.73. The molecule has 4 rings (SSSR count). The fourth-order valence-electron chi connectivity index (χ4n) is 2.84. The van der Waals surface area contributed by atoms with Crippen molar-refractivity contribution in [3.63, 3.8) is 0 Å². The topological polar surface area (TPSA) is 99.1 Å². The van der Waals surface area contributed by atoms with Crippen LogP contribution in [0.3, 0.4) is 0 Å². The van der Waals surface area contributed by atoms with Crippen molar-refractivity contribution in [2.24, 2.45) is 0 Å². The number of aromatic nitrogens is 4. The van der Waals surface area contributed by atoms with Gasteiger partial charge < -0.3 is 0 Å². The van der Waals surface area contributed by atoms with Crippen molar-refractivity contribution in [3.05, 3.63) is 85.5 Å². The zero-order valence-corrected chi connectivity index (χ0v) is 23.7. The van der Waals surface area contributed by atoms with Gasteiger partial charge in [0, 0.05) is 24.8 Å². The Morgan fingerprint density at radius 1 is 0.571 bits per heavy atom. The van der Waals surface area contributed by atoms with Crippen molar-refractivity contribution in [3.8, 4) is 32.7 Å². The molecule has 0 aliphatic carbocycles. The number of hydrogen-bond donors (Lipinski definition) is 0. The van der Waals surface area contributed by atoms with Crippen molar-refractivity contribution in [2.45, 2.75) is 26.2 Å². The number of hydrogen-bond acceptors (Lipinski definition) is 6. The Balaban J connectivity index is 0.000000208. The first-order valence-corrected chi connectivity index (χ1v) is 18.0. The molecule has 9 heteroatoms. The van der Waals surface area contributed by atoms with Crippen LogP contribution in [0.15, 0.2) is 85.5 Å². The van der Waals surface area contributed by atoms with Crippen LogP contribution in [0.5, 0.6) is 0 Å². The van der Waals surface area contributed by atoms with Crippen molar-refractivity contribution >= 4 is 28.0 Å². The van der Waals surface area contributed by atoms with Gasteiger partial charge in [-0.2, -0.15) is 0 Å². The number of pyridine rings is 4. The van der Waals surface area contributed by atoms with Gasteiger partial charge in [-0.05, 0) is 46.8 Å². The van der Waals surface area contributed by atoms with E-state index in [2.05, 4.69) is 70.4 Å². The molecule has 0 amide bonds. The van der Waals surface area contributed by atoms with Crippen LogP contribution in [0, 0.1) is 20.5 Å². The SMILES string of the molecule is C[SiH](C)c1ccc(-c2ccccn2)nc1.C[SiH](C)c1ccc(-c2ccccn2)nc1.N#[C][Fe][C]#N. The molecular formula is C26H28FeN6Si2. The first-order valence-electron chi connectivity index (χ1n) is 11.1. The molecule has 0 saturated carbocycles. The second kappa shape index (κ2) is 15.4. The summed E-state index contributed by atoms with van der Waals surface area (Å²) in [5, 5.41) is 18.0. The fourth-order valence-corrected chi connectivity index (χ4v) is 4.61. The minimum absolute atomic E-state index is 0. The molecule has 4 aromatic heterocycles. The van der Waals surface area contributed by atoms with Crippen molar-refractivity contribution in [1.29, 1.82) is 10.5 Å². The summed E-state index contributed by atoms with van der Waals surface area (Å²) in [4.78, 5) is 20.7. The first kappa shape index (κ1) is 27.8. The first-order chi connectivity index (χ1) is 17.0. The molecule has 0 aliphatic heterocycles. The van der Waals surface area contributed by atoms with Crippen LogP contribution in [-0.4, -0.2) is 37.5 Å². The van der Waals surface area contributed by atoms with Gasteiger partial charge in [-0.25, -0.2) is 0 Å². The summed E-state index contributed by atoms with van der Waals surface area (Å²) in [5.74, 6) is 0. The quantitative estimate of drug-likeness (QED) is 0.369. The van der Waals surface area contributed by atoms with Crippen LogP contribution in [0.25, 0.3) is 22.8 Å². The summed E-state index contributed by atoms with van der Waals surface area (Å²) in [5.41, 5.74) is 3.78. The Bertz CT molecular complexity index is 1120. The maximum atomic E-state index is 7.59. The maximum absolute atomic E-state index is 7.59. The Kier molecular flexibility index (Phi) is 12.3. The molecule has 0 radical (unpaired) electrons. The summed E-state index contributed by atoms with van der Waals surface area (Å²) < 4.78 is 0. The molecule has 6 nitrogen and oxygen atoms in total. The van der Waals surface area contributed by atoms with E-state index in [0.29, 0.717) is 0 Å². The van der Waals surface area contributed by atoms with E-state index in [9.17, 15) is 0 Å². The van der Waals surface area contributed by atoms with Gasteiger partial charge in [0.25, 0.3) is 0 Å². The van der Waals surface area contributed by atoms with Crippen LogP contribution >= 0.6 is 0 Å². The molecule has 4 aromatic rings. The van der Waals surface area contributed by atoms with E-state index >= 15 is 0 Å². The summed E-state index contributed by atoms with van der Waals surface area (Å²) in [6, 6.07) is 20.2. The van der Waals surface area contributed by atoms with E-state index in [0.717, 1.165) is 22.8 Å². The predicted molar refractivity (Wildman–Crippen MR) is 143 cm³/mol. The second-order valence-electron chi connectivity index (χ2n) is 7.94. The number of nitrogens with zero attached hydrogens (tertiary/aromatic N) is 6. The standard InChI is InChI=1S/2C12H14N2Si.2CN.Fe/c2*1-15(2)10-6-7-12(14-9-10)11-5-3-4-8-13-11;2*1-2;/h2*3-9,15H,1-2H3;;;. The van der Waals surface area contributed by atoms with Crippen molar-refractivity contribution in [2.75, 3.05) is 0 Å². The van der Waals surface area contributed by atoms with Crippen molar-refractivity contribution in [1.82, 2.24) is 19.9 Å². The summed E-state index contributed by atoms with van der Waals surface area (Å²) in [6.07, 6.45) is 7.56. The molecule has 0 N–H and O–H groups in total. The molecule has 0 unspecified atom stereocenters. The van der Waals surface area contributed by atoms with Gasteiger partial charge in [-0.15, -0.1) is 0 Å². The van der Waals surface area contributed by atoms with Gasteiger partial charge in [0.15, 0.2) is 0 Å². The number of nitriles is 2. The minimum atomic E-state index is -0.726. The predicted octanol–water partition coefficient (Wildman–Crippen LogP) is 3.71. The van der Waals surface area contributed by atoms with Gasteiger partial charge in [0.2, 0.25) is 0 Å². The summed E-state index contributed by atoms with van der Waals surface area (Å²) in [7, 11) is -1.45. The summed E-state index contributed by atoms with van der Waals surface area (Å²) >= 11 is 0. The molecule has 0 atom stereocenters. The molecule has 4 heterocycles. The van der Waals surface area contributed by atoms with Gasteiger partial charge in [-0.3, -0.25) is 19.9 Å². The van der Waals surface area contributed by atoms with Crippen LogP contribution in [0.2, 0.25) is 26.2 Å². The molecule has 0 fully saturated rings. The zero-order chi connectivity index (χ0) is 25.5. The Labute approximate surface area is 217 Å². The molecule has 0 spiro atoms. The molecular weight excluding hydrogens is 508 g/mol. The second-order valence-corrected chi connectivity index (χ2v) is 14.7. The van der Waals surface area contributed by atoms with Crippen molar-refractivity contribution < 1.29 is 15.0 Å². The molecule has 0 aliphatic rings. The Morgan fingerprint density at radius 2 is 0.971 bits per heavy atom. The zero-order valence-electron chi connectivity index (χ0n) is 20.3. The Morgan fingerprint density at radius 3 is 1.20 bits per heavy atom. The van der Waals surface area contributed by atoms with Gasteiger partial charge >= 0.3 is 35.4 Å². The van der Waals surface area contributed by atoms with Crippen LogP contribution < -0.4 is 10.4 Å². The van der Waals surface area contributed by atoms with Crippen LogP contribution in [0.1, 0.15) is 0 Å². The molecule has 178 valence electrons. The molecule has 0 bridgehead atoms. The normalized spacial score (nSPS) is 9.83. The average Bonchev–Trinajstić information content (AvgIpc) is 2.91. The van der Waals surface area contributed by atoms with Gasteiger partial charge in [0.05, 0.1) is 40.4 Å². The van der Waals surface area contributed by atoms with Crippen LogP contribution in [-0.2, 0) is 15.0 Å². The van der Waals surface area contributed by atoms with E-state index in [-0.39, 0.29) is 15.0 Å². The van der Waals surface area contributed by atoms with Crippen LogP contribution in [0.4, 0.5) is 0 Å². The number of rotatable bonds is 4. The van der Waals surface area contributed by atoms with Gasteiger partial charge in [0.1, 0.15) is 0 Å². The summed E-state index contributed by atoms with van der Waals surface area (Å²) in [6.45, 7) is 9.21. The molecule has 0 saturated heterocycles. The third-order valence-corrected chi connectivity index (χ3v) is 8.44. The third-order valence-electron chi connectivity index (χ3n) is 4.84. The van der Waals surface area contributed by atoms with E-state index in [1.54, 1.807) is 22.3 Å². The fraction of sp³-hybridized carbons (Fsp3) is 0.154.